The predicted octanol–water partition coefficient (Wildman–Crippen LogP) is 4.82. The molecule has 20 heavy (non-hydrogen) atoms. The molecule has 0 saturated heterocycles. The van der Waals surface area contributed by atoms with Gasteiger partial charge in [-0.1, -0.05) is 35.3 Å². The van der Waals surface area contributed by atoms with Gasteiger partial charge in [-0.15, -0.1) is 0 Å². The van der Waals surface area contributed by atoms with E-state index in [1.54, 1.807) is 37.3 Å². The molecule has 0 aliphatic rings. The van der Waals surface area contributed by atoms with E-state index in [0.29, 0.717) is 27.8 Å². The fourth-order valence-corrected chi connectivity index (χ4v) is 2.43. The molecule has 104 valence electrons. The minimum absolute atomic E-state index is 0.0836. The maximum Gasteiger partial charge on any atom is 0.274 e. The first kappa shape index (κ1) is 14.6. The summed E-state index contributed by atoms with van der Waals surface area (Å²) >= 11 is 12.2. The van der Waals surface area contributed by atoms with Crippen LogP contribution in [0.5, 0.6) is 0 Å². The highest BCUT2D eigenvalue weighted by molar-refractivity contribution is 6.36. The van der Waals surface area contributed by atoms with Crippen LogP contribution in [0.1, 0.15) is 11.1 Å². The van der Waals surface area contributed by atoms with Gasteiger partial charge in [0.1, 0.15) is 0 Å². The summed E-state index contributed by atoms with van der Waals surface area (Å²) in [5.74, 6) is 0. The molecule has 0 aromatic heterocycles. The van der Waals surface area contributed by atoms with Gasteiger partial charge in [-0.25, -0.2) is 0 Å². The van der Waals surface area contributed by atoms with Gasteiger partial charge < -0.3 is 5.32 Å². The molecule has 0 bridgehead atoms. The molecule has 0 heterocycles. The van der Waals surface area contributed by atoms with Gasteiger partial charge in [0.2, 0.25) is 0 Å². The van der Waals surface area contributed by atoms with Crippen LogP contribution in [0.4, 0.5) is 11.4 Å². The van der Waals surface area contributed by atoms with Crippen LogP contribution in [0.3, 0.4) is 0 Å². The summed E-state index contributed by atoms with van der Waals surface area (Å²) in [7, 11) is 0. The number of hydrogen-bond donors (Lipinski definition) is 1. The van der Waals surface area contributed by atoms with E-state index in [2.05, 4.69) is 5.32 Å². The first-order valence-electron chi connectivity index (χ1n) is 5.91. The van der Waals surface area contributed by atoms with Gasteiger partial charge in [0.05, 0.1) is 4.92 Å². The Morgan fingerprint density at radius 1 is 1.15 bits per heavy atom. The standard InChI is InChI=1S/C14H12Cl2N2O2/c1-9-13(6-3-7-14(9)18(19)20)17-8-10-11(15)4-2-5-12(10)16/h2-7,17H,8H2,1H3. The van der Waals surface area contributed by atoms with Crippen molar-refractivity contribution in [3.05, 3.63) is 67.7 Å². The van der Waals surface area contributed by atoms with Crippen LogP contribution in [0.2, 0.25) is 10.0 Å². The van der Waals surface area contributed by atoms with E-state index in [9.17, 15) is 10.1 Å². The zero-order valence-electron chi connectivity index (χ0n) is 10.7. The van der Waals surface area contributed by atoms with Crippen molar-refractivity contribution in [2.45, 2.75) is 13.5 Å². The second-order valence-electron chi connectivity index (χ2n) is 4.26. The summed E-state index contributed by atoms with van der Waals surface area (Å²) in [4.78, 5) is 10.5. The number of halogens is 2. The topological polar surface area (TPSA) is 55.2 Å². The molecule has 0 atom stereocenters. The van der Waals surface area contributed by atoms with Crippen molar-refractivity contribution in [2.75, 3.05) is 5.32 Å². The predicted molar refractivity (Wildman–Crippen MR) is 81.6 cm³/mol. The maximum atomic E-state index is 10.9. The van der Waals surface area contributed by atoms with Crippen molar-refractivity contribution in [2.24, 2.45) is 0 Å². The molecule has 1 N–H and O–H groups in total. The SMILES string of the molecule is Cc1c(NCc2c(Cl)cccc2Cl)cccc1[N+](=O)[O-]. The smallest absolute Gasteiger partial charge is 0.274 e. The van der Waals surface area contributed by atoms with Crippen molar-refractivity contribution in [3.63, 3.8) is 0 Å². The van der Waals surface area contributed by atoms with Gasteiger partial charge in [0.25, 0.3) is 5.69 Å². The highest BCUT2D eigenvalue weighted by atomic mass is 35.5. The van der Waals surface area contributed by atoms with Crippen LogP contribution in [-0.4, -0.2) is 4.92 Å². The third kappa shape index (κ3) is 3.03. The van der Waals surface area contributed by atoms with Crippen molar-refractivity contribution in [1.82, 2.24) is 0 Å². The molecular formula is C14H12Cl2N2O2. The third-order valence-electron chi connectivity index (χ3n) is 3.02. The number of hydrogen-bond acceptors (Lipinski definition) is 3. The van der Waals surface area contributed by atoms with Crippen LogP contribution in [-0.2, 0) is 6.54 Å². The first-order chi connectivity index (χ1) is 9.50. The largest absolute Gasteiger partial charge is 0.380 e. The van der Waals surface area contributed by atoms with Gasteiger partial charge in [-0.05, 0) is 25.1 Å². The Morgan fingerprint density at radius 2 is 1.75 bits per heavy atom. The molecule has 2 rings (SSSR count). The first-order valence-corrected chi connectivity index (χ1v) is 6.67. The lowest BCUT2D eigenvalue weighted by Gasteiger charge is -2.12. The van der Waals surface area contributed by atoms with E-state index in [0.717, 1.165) is 5.56 Å². The fourth-order valence-electron chi connectivity index (χ4n) is 1.90. The molecule has 2 aromatic rings. The monoisotopic (exact) mass is 310 g/mol. The van der Waals surface area contributed by atoms with Crippen molar-refractivity contribution in [1.29, 1.82) is 0 Å². The molecule has 4 nitrogen and oxygen atoms in total. The van der Waals surface area contributed by atoms with E-state index in [4.69, 9.17) is 23.2 Å². The third-order valence-corrected chi connectivity index (χ3v) is 3.73. The molecule has 0 saturated carbocycles. The Kier molecular flexibility index (Phi) is 4.47. The average Bonchev–Trinajstić information content (AvgIpc) is 2.39. The number of benzene rings is 2. The molecular weight excluding hydrogens is 299 g/mol. The highest BCUT2D eigenvalue weighted by Gasteiger charge is 2.13. The molecule has 6 heteroatoms. The molecule has 0 aliphatic carbocycles. The van der Waals surface area contributed by atoms with E-state index >= 15 is 0 Å². The van der Waals surface area contributed by atoms with Crippen LogP contribution >= 0.6 is 23.2 Å². The van der Waals surface area contributed by atoms with Gasteiger partial charge >= 0.3 is 0 Å². The fraction of sp³-hybridized carbons (Fsp3) is 0.143. The highest BCUT2D eigenvalue weighted by Crippen LogP contribution is 2.28. The Balaban J connectivity index is 2.24. The summed E-state index contributed by atoms with van der Waals surface area (Å²) < 4.78 is 0. The summed E-state index contributed by atoms with van der Waals surface area (Å²) in [5, 5.41) is 15.2. The van der Waals surface area contributed by atoms with E-state index in [1.807, 2.05) is 0 Å². The minimum atomic E-state index is -0.400. The van der Waals surface area contributed by atoms with Crippen molar-refractivity contribution >= 4 is 34.6 Å². The van der Waals surface area contributed by atoms with E-state index in [1.165, 1.54) is 6.07 Å². The number of nitrogens with zero attached hydrogens (tertiary/aromatic N) is 1. The van der Waals surface area contributed by atoms with Gasteiger partial charge in [0, 0.05) is 39.5 Å². The van der Waals surface area contributed by atoms with Gasteiger partial charge in [-0.3, -0.25) is 10.1 Å². The lowest BCUT2D eigenvalue weighted by Crippen LogP contribution is -2.03. The number of nitro benzene ring substituents is 1. The lowest BCUT2D eigenvalue weighted by molar-refractivity contribution is -0.385. The number of nitrogens with one attached hydrogen (secondary N) is 1. The van der Waals surface area contributed by atoms with Crippen molar-refractivity contribution in [3.8, 4) is 0 Å². The molecule has 0 fully saturated rings. The quantitative estimate of drug-likeness (QED) is 0.650. The molecule has 0 unspecified atom stereocenters. The van der Waals surface area contributed by atoms with E-state index in [-0.39, 0.29) is 5.69 Å². The van der Waals surface area contributed by atoms with Crippen LogP contribution in [0.15, 0.2) is 36.4 Å². The Labute approximate surface area is 126 Å². The zero-order chi connectivity index (χ0) is 14.7. The van der Waals surface area contributed by atoms with E-state index < -0.39 is 4.92 Å². The second kappa shape index (κ2) is 6.11. The van der Waals surface area contributed by atoms with Crippen LogP contribution < -0.4 is 5.32 Å². The maximum absolute atomic E-state index is 10.9. The van der Waals surface area contributed by atoms with Gasteiger partial charge in [0.15, 0.2) is 0 Å². The van der Waals surface area contributed by atoms with Crippen LogP contribution in [0.25, 0.3) is 0 Å². The zero-order valence-corrected chi connectivity index (χ0v) is 12.2. The summed E-state index contributed by atoms with van der Waals surface area (Å²) in [6, 6.07) is 10.2. The van der Waals surface area contributed by atoms with Crippen LogP contribution in [0, 0.1) is 17.0 Å². The Hall–Kier alpha value is -1.78. The minimum Gasteiger partial charge on any atom is -0.380 e. The molecule has 0 amide bonds. The molecule has 0 aliphatic heterocycles. The number of anilines is 1. The summed E-state index contributed by atoms with van der Waals surface area (Å²) in [6.45, 7) is 2.11. The molecule has 2 aromatic carbocycles. The second-order valence-corrected chi connectivity index (χ2v) is 5.07. The summed E-state index contributed by atoms with van der Waals surface area (Å²) in [5.41, 5.74) is 2.12. The van der Waals surface area contributed by atoms with Gasteiger partial charge in [-0.2, -0.15) is 0 Å². The molecule has 0 radical (unpaired) electrons. The summed E-state index contributed by atoms with van der Waals surface area (Å²) in [6.07, 6.45) is 0. The Morgan fingerprint density at radius 3 is 2.35 bits per heavy atom. The normalized spacial score (nSPS) is 10.3. The number of nitro groups is 1. The molecule has 0 spiro atoms. The lowest BCUT2D eigenvalue weighted by atomic mass is 10.1. The number of rotatable bonds is 4. The van der Waals surface area contributed by atoms with Crippen molar-refractivity contribution < 1.29 is 4.92 Å². The average molecular weight is 311 g/mol. The Bertz CT molecular complexity index is 639.